The molecule has 1 aliphatic carbocycles. The first-order valence-corrected chi connectivity index (χ1v) is 8.40. The molecule has 3 rings (SSSR count). The summed E-state index contributed by atoms with van der Waals surface area (Å²) >= 11 is 1.44. The summed E-state index contributed by atoms with van der Waals surface area (Å²) in [4.78, 5) is 12.6. The van der Waals surface area contributed by atoms with Crippen LogP contribution in [0.15, 0.2) is 18.2 Å². The molecule has 1 heterocycles. The molecule has 23 heavy (non-hydrogen) atoms. The maximum atomic E-state index is 12.6. The Balaban J connectivity index is 1.79. The van der Waals surface area contributed by atoms with Gasteiger partial charge in [-0.05, 0) is 25.0 Å². The number of rotatable bonds is 5. The molecule has 2 aromatic rings. The van der Waals surface area contributed by atoms with Gasteiger partial charge in [0.2, 0.25) is 5.13 Å². The van der Waals surface area contributed by atoms with Crippen molar-refractivity contribution < 1.29 is 14.3 Å². The Morgan fingerprint density at radius 3 is 2.43 bits per heavy atom. The van der Waals surface area contributed by atoms with Crippen LogP contribution in [-0.4, -0.2) is 30.3 Å². The number of hydrogen-bond donors (Lipinski definition) is 1. The van der Waals surface area contributed by atoms with Gasteiger partial charge in [0.1, 0.15) is 22.1 Å². The lowest BCUT2D eigenvalue weighted by Gasteiger charge is -2.11. The van der Waals surface area contributed by atoms with Gasteiger partial charge in [-0.3, -0.25) is 10.1 Å². The highest BCUT2D eigenvalue weighted by Gasteiger charge is 2.23. The molecule has 0 radical (unpaired) electrons. The predicted molar refractivity (Wildman–Crippen MR) is 88.6 cm³/mol. The Hall–Kier alpha value is -2.15. The fraction of sp³-hybridized carbons (Fsp3) is 0.438. The van der Waals surface area contributed by atoms with E-state index >= 15 is 0 Å². The first-order valence-electron chi connectivity index (χ1n) is 7.58. The van der Waals surface area contributed by atoms with E-state index in [-0.39, 0.29) is 5.91 Å². The number of hydrogen-bond acceptors (Lipinski definition) is 6. The number of nitrogens with one attached hydrogen (secondary N) is 1. The second-order valence-corrected chi connectivity index (χ2v) is 6.43. The van der Waals surface area contributed by atoms with Crippen LogP contribution >= 0.6 is 11.3 Å². The van der Waals surface area contributed by atoms with Gasteiger partial charge in [0.05, 0.1) is 14.2 Å². The highest BCUT2D eigenvalue weighted by atomic mass is 32.1. The predicted octanol–water partition coefficient (Wildman–Crippen LogP) is 3.47. The van der Waals surface area contributed by atoms with Crippen molar-refractivity contribution in [2.45, 2.75) is 31.6 Å². The zero-order valence-electron chi connectivity index (χ0n) is 13.2. The van der Waals surface area contributed by atoms with Crippen LogP contribution in [0.25, 0.3) is 0 Å². The summed E-state index contributed by atoms with van der Waals surface area (Å²) in [6.45, 7) is 0. The number of methoxy groups -OCH3 is 2. The third-order valence-corrected chi connectivity index (χ3v) is 5.02. The van der Waals surface area contributed by atoms with Crippen LogP contribution in [-0.2, 0) is 0 Å². The minimum atomic E-state index is -0.312. The average Bonchev–Trinajstić information content (AvgIpc) is 3.25. The fourth-order valence-electron chi connectivity index (χ4n) is 2.86. The van der Waals surface area contributed by atoms with Crippen LogP contribution in [0.1, 0.15) is 47.0 Å². The minimum Gasteiger partial charge on any atom is -0.496 e. The van der Waals surface area contributed by atoms with E-state index in [1.54, 1.807) is 18.2 Å². The van der Waals surface area contributed by atoms with Crippen LogP contribution < -0.4 is 14.8 Å². The summed E-state index contributed by atoms with van der Waals surface area (Å²) in [7, 11) is 3.05. The average molecular weight is 333 g/mol. The van der Waals surface area contributed by atoms with Crippen LogP contribution in [0, 0.1) is 0 Å². The number of aromatic nitrogens is 2. The molecule has 1 aliphatic rings. The van der Waals surface area contributed by atoms with E-state index in [2.05, 4.69) is 15.5 Å². The number of anilines is 1. The Labute approximate surface area is 138 Å². The second kappa shape index (κ2) is 6.95. The van der Waals surface area contributed by atoms with E-state index in [0.717, 1.165) is 17.8 Å². The highest BCUT2D eigenvalue weighted by molar-refractivity contribution is 7.15. The molecule has 0 bridgehead atoms. The van der Waals surface area contributed by atoms with Gasteiger partial charge in [-0.1, -0.05) is 30.2 Å². The summed E-state index contributed by atoms with van der Waals surface area (Å²) in [6.07, 6.45) is 4.79. The first-order chi connectivity index (χ1) is 11.2. The number of nitrogens with zero attached hydrogens (tertiary/aromatic N) is 2. The molecule has 1 saturated carbocycles. The van der Waals surface area contributed by atoms with Crippen LogP contribution in [0.5, 0.6) is 11.5 Å². The molecule has 7 heteroatoms. The molecular weight excluding hydrogens is 314 g/mol. The standard InChI is InChI=1S/C16H19N3O3S/c1-21-11-8-5-9-12(22-2)13(11)14(20)17-16-19-18-15(23-16)10-6-3-4-7-10/h5,8-10H,3-4,6-7H2,1-2H3,(H,17,19,20). The number of amides is 1. The van der Waals surface area contributed by atoms with Crippen molar-refractivity contribution in [3.8, 4) is 11.5 Å². The van der Waals surface area contributed by atoms with E-state index in [1.165, 1.54) is 38.4 Å². The molecular formula is C16H19N3O3S. The minimum absolute atomic E-state index is 0.312. The van der Waals surface area contributed by atoms with Crippen LogP contribution in [0.3, 0.4) is 0 Å². The monoisotopic (exact) mass is 333 g/mol. The van der Waals surface area contributed by atoms with Gasteiger partial charge in [0, 0.05) is 5.92 Å². The molecule has 6 nitrogen and oxygen atoms in total. The van der Waals surface area contributed by atoms with Crippen molar-refractivity contribution in [2.24, 2.45) is 0 Å². The van der Waals surface area contributed by atoms with Gasteiger partial charge in [-0.2, -0.15) is 0 Å². The molecule has 0 spiro atoms. The second-order valence-electron chi connectivity index (χ2n) is 5.42. The third kappa shape index (κ3) is 3.29. The zero-order chi connectivity index (χ0) is 16.2. The molecule has 1 aromatic carbocycles. The molecule has 1 aromatic heterocycles. The van der Waals surface area contributed by atoms with Crippen molar-refractivity contribution in [2.75, 3.05) is 19.5 Å². The summed E-state index contributed by atoms with van der Waals surface area (Å²) in [5.41, 5.74) is 0.357. The molecule has 0 atom stereocenters. The van der Waals surface area contributed by atoms with E-state index < -0.39 is 0 Å². The molecule has 0 saturated heterocycles. The number of carbonyl (C=O) groups excluding carboxylic acids is 1. The molecule has 1 fully saturated rings. The Morgan fingerprint density at radius 2 is 1.83 bits per heavy atom. The lowest BCUT2D eigenvalue weighted by atomic mass is 10.1. The quantitative estimate of drug-likeness (QED) is 0.907. The normalized spacial score (nSPS) is 14.7. The Morgan fingerprint density at radius 1 is 1.17 bits per heavy atom. The lowest BCUT2D eigenvalue weighted by molar-refractivity contribution is 0.102. The highest BCUT2D eigenvalue weighted by Crippen LogP contribution is 2.37. The van der Waals surface area contributed by atoms with Crippen molar-refractivity contribution in [1.29, 1.82) is 0 Å². The molecule has 1 N–H and O–H groups in total. The van der Waals surface area contributed by atoms with Gasteiger partial charge in [0.25, 0.3) is 5.91 Å². The van der Waals surface area contributed by atoms with Crippen molar-refractivity contribution >= 4 is 22.4 Å². The topological polar surface area (TPSA) is 73.3 Å². The zero-order valence-corrected chi connectivity index (χ0v) is 14.0. The molecule has 1 amide bonds. The first kappa shape index (κ1) is 15.7. The summed E-state index contributed by atoms with van der Waals surface area (Å²) in [6, 6.07) is 5.22. The van der Waals surface area contributed by atoms with Crippen molar-refractivity contribution in [3.63, 3.8) is 0 Å². The third-order valence-electron chi connectivity index (χ3n) is 4.02. The smallest absolute Gasteiger partial charge is 0.265 e. The maximum Gasteiger partial charge on any atom is 0.265 e. The van der Waals surface area contributed by atoms with E-state index in [1.807, 2.05) is 0 Å². The van der Waals surface area contributed by atoms with Gasteiger partial charge in [-0.25, -0.2) is 0 Å². The lowest BCUT2D eigenvalue weighted by Crippen LogP contribution is -2.14. The van der Waals surface area contributed by atoms with E-state index in [4.69, 9.17) is 9.47 Å². The van der Waals surface area contributed by atoms with E-state index in [9.17, 15) is 4.79 Å². The largest absolute Gasteiger partial charge is 0.496 e. The Bertz CT molecular complexity index is 673. The van der Waals surface area contributed by atoms with Gasteiger partial charge in [0.15, 0.2) is 0 Å². The Kier molecular flexibility index (Phi) is 4.76. The van der Waals surface area contributed by atoms with E-state index in [0.29, 0.717) is 28.1 Å². The van der Waals surface area contributed by atoms with Gasteiger partial charge in [-0.15, -0.1) is 10.2 Å². The molecule has 0 aliphatic heterocycles. The fourth-order valence-corrected chi connectivity index (χ4v) is 3.76. The van der Waals surface area contributed by atoms with Gasteiger partial charge < -0.3 is 9.47 Å². The van der Waals surface area contributed by atoms with Crippen molar-refractivity contribution in [3.05, 3.63) is 28.8 Å². The van der Waals surface area contributed by atoms with Crippen LogP contribution in [0.2, 0.25) is 0 Å². The molecule has 0 unspecified atom stereocenters. The number of carbonyl (C=O) groups is 1. The molecule has 122 valence electrons. The summed E-state index contributed by atoms with van der Waals surface area (Å²) in [5, 5.41) is 12.6. The van der Waals surface area contributed by atoms with Gasteiger partial charge >= 0.3 is 0 Å². The number of benzene rings is 1. The maximum absolute atomic E-state index is 12.6. The summed E-state index contributed by atoms with van der Waals surface area (Å²) in [5.74, 6) is 1.09. The SMILES string of the molecule is COc1cccc(OC)c1C(=O)Nc1nnc(C2CCCC2)s1. The van der Waals surface area contributed by atoms with Crippen LogP contribution in [0.4, 0.5) is 5.13 Å². The van der Waals surface area contributed by atoms with Crippen molar-refractivity contribution in [1.82, 2.24) is 10.2 Å². The number of ether oxygens (including phenoxy) is 2. The summed E-state index contributed by atoms with van der Waals surface area (Å²) < 4.78 is 10.5.